The minimum Gasteiger partial charge on any atom is -0.497 e. The molecule has 0 atom stereocenters. The topological polar surface area (TPSA) is 112 Å². The SMILES string of the molecule is COc1ccc(-n2ccc(C(=O)Nc3ccc(OC)c(S(=O)(=O)N4CCOCC4)c3)n2)cc1. The van der Waals surface area contributed by atoms with Crippen molar-refractivity contribution in [2.75, 3.05) is 45.8 Å². The smallest absolute Gasteiger partial charge is 0.276 e. The maximum Gasteiger partial charge on any atom is 0.276 e. The molecule has 0 bridgehead atoms. The normalized spacial score (nSPS) is 14.6. The van der Waals surface area contributed by atoms with E-state index in [1.165, 1.54) is 23.5 Å². The number of nitrogens with one attached hydrogen (secondary N) is 1. The second kappa shape index (κ2) is 9.61. The van der Waals surface area contributed by atoms with Crippen molar-refractivity contribution in [3.63, 3.8) is 0 Å². The fraction of sp³-hybridized carbons (Fsp3) is 0.273. The summed E-state index contributed by atoms with van der Waals surface area (Å²) in [6.07, 6.45) is 1.67. The summed E-state index contributed by atoms with van der Waals surface area (Å²) in [5.74, 6) is 0.441. The van der Waals surface area contributed by atoms with Gasteiger partial charge in [-0.2, -0.15) is 9.40 Å². The highest BCUT2D eigenvalue weighted by Gasteiger charge is 2.29. The third-order valence-corrected chi connectivity index (χ3v) is 7.09. The molecule has 4 rings (SSSR count). The van der Waals surface area contributed by atoms with Crippen LogP contribution >= 0.6 is 0 Å². The van der Waals surface area contributed by atoms with Crippen molar-refractivity contribution in [2.24, 2.45) is 0 Å². The number of nitrogens with zero attached hydrogens (tertiary/aromatic N) is 3. The number of anilines is 1. The number of hydrogen-bond donors (Lipinski definition) is 1. The summed E-state index contributed by atoms with van der Waals surface area (Å²) in [5, 5.41) is 7.02. The van der Waals surface area contributed by atoms with Gasteiger partial charge in [-0.15, -0.1) is 0 Å². The predicted octanol–water partition coefficient (Wildman–Crippen LogP) is 2.16. The molecule has 0 unspecified atom stereocenters. The lowest BCUT2D eigenvalue weighted by Crippen LogP contribution is -2.40. The fourth-order valence-electron chi connectivity index (χ4n) is 3.40. The van der Waals surface area contributed by atoms with E-state index in [0.717, 1.165) is 5.69 Å². The van der Waals surface area contributed by atoms with E-state index >= 15 is 0 Å². The van der Waals surface area contributed by atoms with Gasteiger partial charge in [0.15, 0.2) is 5.69 Å². The quantitative estimate of drug-likeness (QED) is 0.561. The molecule has 1 N–H and O–H groups in total. The standard InChI is InChI=1S/C22H24N4O6S/c1-30-18-6-4-17(5-7-18)26-10-9-19(24-26)22(27)23-16-3-8-20(31-2)21(15-16)33(28,29)25-11-13-32-14-12-25/h3-10,15H,11-14H2,1-2H3,(H,23,27). The first kappa shape index (κ1) is 22.8. The number of aromatic nitrogens is 2. The Morgan fingerprint density at radius 1 is 1.03 bits per heavy atom. The molecule has 11 heteroatoms. The van der Waals surface area contributed by atoms with Crippen LogP contribution in [0.5, 0.6) is 11.5 Å². The Labute approximate surface area is 191 Å². The first-order chi connectivity index (χ1) is 15.9. The maximum atomic E-state index is 13.1. The van der Waals surface area contributed by atoms with Crippen LogP contribution in [-0.2, 0) is 14.8 Å². The molecule has 0 aliphatic carbocycles. The molecule has 0 radical (unpaired) electrons. The number of amides is 1. The Hall–Kier alpha value is -3.41. The summed E-state index contributed by atoms with van der Waals surface area (Å²) in [6.45, 7) is 1.17. The van der Waals surface area contributed by atoms with Crippen LogP contribution < -0.4 is 14.8 Å². The van der Waals surface area contributed by atoms with Gasteiger partial charge in [-0.3, -0.25) is 4.79 Å². The summed E-state index contributed by atoms with van der Waals surface area (Å²) in [5.41, 5.74) is 1.25. The van der Waals surface area contributed by atoms with E-state index in [-0.39, 0.29) is 29.4 Å². The van der Waals surface area contributed by atoms with Gasteiger partial charge in [0.1, 0.15) is 16.4 Å². The molecular weight excluding hydrogens is 448 g/mol. The van der Waals surface area contributed by atoms with Gasteiger partial charge in [0.2, 0.25) is 10.0 Å². The second-order valence-electron chi connectivity index (χ2n) is 7.18. The van der Waals surface area contributed by atoms with Crippen molar-refractivity contribution in [3.8, 4) is 17.2 Å². The lowest BCUT2D eigenvalue weighted by Gasteiger charge is -2.26. The summed E-state index contributed by atoms with van der Waals surface area (Å²) in [7, 11) is -0.832. The van der Waals surface area contributed by atoms with E-state index in [9.17, 15) is 13.2 Å². The monoisotopic (exact) mass is 472 g/mol. The minimum atomic E-state index is -3.82. The number of ether oxygens (including phenoxy) is 3. The first-order valence-electron chi connectivity index (χ1n) is 10.2. The molecule has 10 nitrogen and oxygen atoms in total. The van der Waals surface area contributed by atoms with Crippen LogP contribution in [0.15, 0.2) is 59.6 Å². The van der Waals surface area contributed by atoms with E-state index in [1.807, 2.05) is 12.1 Å². The van der Waals surface area contributed by atoms with Gasteiger partial charge in [-0.1, -0.05) is 0 Å². The molecule has 2 aromatic carbocycles. The fourth-order valence-corrected chi connectivity index (χ4v) is 4.99. The minimum absolute atomic E-state index is 0.0199. The summed E-state index contributed by atoms with van der Waals surface area (Å²) < 4.78 is 44.8. The summed E-state index contributed by atoms with van der Waals surface area (Å²) in [6, 6.07) is 13.3. The number of rotatable bonds is 7. The lowest BCUT2D eigenvalue weighted by molar-refractivity contribution is 0.0729. The molecule has 1 aliphatic rings. The van der Waals surface area contributed by atoms with Gasteiger partial charge >= 0.3 is 0 Å². The van der Waals surface area contributed by atoms with E-state index in [1.54, 1.807) is 42.3 Å². The van der Waals surface area contributed by atoms with E-state index in [2.05, 4.69) is 10.4 Å². The molecule has 174 valence electrons. The van der Waals surface area contributed by atoms with Gasteiger partial charge in [-0.05, 0) is 48.5 Å². The largest absolute Gasteiger partial charge is 0.497 e. The van der Waals surface area contributed by atoms with E-state index in [0.29, 0.717) is 24.7 Å². The number of carbonyl (C=O) groups excluding carboxylic acids is 1. The molecule has 1 aromatic heterocycles. The van der Waals surface area contributed by atoms with Crippen molar-refractivity contribution >= 4 is 21.6 Å². The van der Waals surface area contributed by atoms with Crippen molar-refractivity contribution in [2.45, 2.75) is 4.90 Å². The lowest BCUT2D eigenvalue weighted by atomic mass is 10.3. The molecule has 2 heterocycles. The molecule has 3 aromatic rings. The zero-order chi connectivity index (χ0) is 23.4. The van der Waals surface area contributed by atoms with Crippen LogP contribution in [0.1, 0.15) is 10.5 Å². The maximum absolute atomic E-state index is 13.1. The Morgan fingerprint density at radius 3 is 2.42 bits per heavy atom. The summed E-state index contributed by atoms with van der Waals surface area (Å²) in [4.78, 5) is 12.7. The average Bonchev–Trinajstić information content (AvgIpc) is 3.35. The first-order valence-corrected chi connectivity index (χ1v) is 11.6. The number of carbonyl (C=O) groups is 1. The second-order valence-corrected chi connectivity index (χ2v) is 9.09. The Bertz CT molecular complexity index is 1230. The molecule has 1 saturated heterocycles. The Kier molecular flexibility index (Phi) is 6.63. The van der Waals surface area contributed by atoms with Crippen LogP contribution in [0.4, 0.5) is 5.69 Å². The Morgan fingerprint density at radius 2 is 1.76 bits per heavy atom. The van der Waals surface area contributed by atoms with Gasteiger partial charge in [0.05, 0.1) is 33.1 Å². The van der Waals surface area contributed by atoms with Crippen LogP contribution in [0, 0.1) is 0 Å². The van der Waals surface area contributed by atoms with Gasteiger partial charge in [-0.25, -0.2) is 13.1 Å². The third kappa shape index (κ3) is 4.85. The number of morpholine rings is 1. The highest BCUT2D eigenvalue weighted by Crippen LogP contribution is 2.30. The molecular formula is C22H24N4O6S. The van der Waals surface area contributed by atoms with Crippen LogP contribution in [0.25, 0.3) is 5.69 Å². The molecule has 0 spiro atoms. The van der Waals surface area contributed by atoms with Crippen molar-refractivity contribution < 1.29 is 27.4 Å². The highest BCUT2D eigenvalue weighted by molar-refractivity contribution is 7.89. The third-order valence-electron chi connectivity index (χ3n) is 5.17. The van der Waals surface area contributed by atoms with Crippen LogP contribution in [-0.4, -0.2) is 68.9 Å². The van der Waals surface area contributed by atoms with Gasteiger partial charge < -0.3 is 19.5 Å². The van der Waals surface area contributed by atoms with Crippen molar-refractivity contribution in [1.29, 1.82) is 0 Å². The molecule has 1 amide bonds. The molecule has 0 saturated carbocycles. The highest BCUT2D eigenvalue weighted by atomic mass is 32.2. The van der Waals surface area contributed by atoms with Crippen molar-refractivity contribution in [3.05, 3.63) is 60.4 Å². The van der Waals surface area contributed by atoms with Crippen molar-refractivity contribution in [1.82, 2.24) is 14.1 Å². The number of sulfonamides is 1. The number of hydrogen-bond acceptors (Lipinski definition) is 7. The zero-order valence-corrected chi connectivity index (χ0v) is 19.0. The molecule has 33 heavy (non-hydrogen) atoms. The van der Waals surface area contributed by atoms with Gasteiger partial charge in [0, 0.05) is 25.0 Å². The molecule has 1 aliphatic heterocycles. The number of benzene rings is 2. The van der Waals surface area contributed by atoms with Gasteiger partial charge in [0.25, 0.3) is 5.91 Å². The Balaban J connectivity index is 1.55. The predicted molar refractivity (Wildman–Crippen MR) is 121 cm³/mol. The zero-order valence-electron chi connectivity index (χ0n) is 18.2. The molecule has 1 fully saturated rings. The van der Waals surface area contributed by atoms with Crippen LogP contribution in [0.3, 0.4) is 0 Å². The average molecular weight is 473 g/mol. The van der Waals surface area contributed by atoms with E-state index < -0.39 is 15.9 Å². The van der Waals surface area contributed by atoms with E-state index in [4.69, 9.17) is 14.2 Å². The number of methoxy groups -OCH3 is 2. The van der Waals surface area contributed by atoms with Crippen LogP contribution in [0.2, 0.25) is 0 Å². The summed E-state index contributed by atoms with van der Waals surface area (Å²) >= 11 is 0.